The first kappa shape index (κ1) is 16.9. The summed E-state index contributed by atoms with van der Waals surface area (Å²) in [6.07, 6.45) is 0.592. The molecule has 1 amide bonds. The number of hydrogen-bond donors (Lipinski definition) is 0. The molecule has 2 saturated heterocycles. The number of amides is 1. The Morgan fingerprint density at radius 1 is 1.46 bits per heavy atom. The number of carbonyl (C=O) groups is 1. The highest BCUT2D eigenvalue weighted by atomic mass is 32.2. The lowest BCUT2D eigenvalue weighted by Crippen LogP contribution is -2.68. The minimum atomic E-state index is -3.22. The van der Waals surface area contributed by atoms with Gasteiger partial charge in [-0.15, -0.1) is 0 Å². The second-order valence-corrected chi connectivity index (χ2v) is 8.83. The van der Waals surface area contributed by atoms with Crippen LogP contribution in [0.5, 0.6) is 0 Å². The van der Waals surface area contributed by atoms with Crippen molar-refractivity contribution < 1.29 is 17.9 Å². The molecular formula is C17H20N2O4S. The van der Waals surface area contributed by atoms with Crippen molar-refractivity contribution in [2.75, 3.05) is 32.1 Å². The Balaban J connectivity index is 1.76. The predicted octanol–water partition coefficient (Wildman–Crippen LogP) is 1.22. The van der Waals surface area contributed by atoms with E-state index in [2.05, 4.69) is 0 Å². The van der Waals surface area contributed by atoms with Crippen LogP contribution in [0.2, 0.25) is 0 Å². The van der Waals surface area contributed by atoms with Gasteiger partial charge in [-0.1, -0.05) is 6.07 Å². The monoisotopic (exact) mass is 348 g/mol. The lowest BCUT2D eigenvalue weighted by atomic mass is 9.83. The number of ether oxygens (including phenoxy) is 1. The van der Waals surface area contributed by atoms with Gasteiger partial charge in [0.05, 0.1) is 24.0 Å². The summed E-state index contributed by atoms with van der Waals surface area (Å²) in [6, 6.07) is 8.48. The summed E-state index contributed by atoms with van der Waals surface area (Å²) in [4.78, 5) is 14.1. The molecule has 128 valence electrons. The number of nitriles is 1. The van der Waals surface area contributed by atoms with Gasteiger partial charge in [0.1, 0.15) is 4.75 Å². The number of rotatable bonds is 4. The van der Waals surface area contributed by atoms with Crippen molar-refractivity contribution in [1.29, 1.82) is 5.26 Å². The number of sulfone groups is 1. The van der Waals surface area contributed by atoms with E-state index in [0.29, 0.717) is 30.8 Å². The topological polar surface area (TPSA) is 87.5 Å². The Morgan fingerprint density at radius 2 is 2.21 bits per heavy atom. The van der Waals surface area contributed by atoms with Gasteiger partial charge >= 0.3 is 0 Å². The minimum Gasteiger partial charge on any atom is -0.381 e. The van der Waals surface area contributed by atoms with Crippen LogP contribution in [0.3, 0.4) is 0 Å². The van der Waals surface area contributed by atoms with Gasteiger partial charge in [-0.25, -0.2) is 8.42 Å². The Hall–Kier alpha value is -1.91. The van der Waals surface area contributed by atoms with Crippen molar-refractivity contribution in [1.82, 2.24) is 4.90 Å². The number of benzene rings is 1. The highest BCUT2D eigenvalue weighted by Gasteiger charge is 2.62. The molecule has 2 fully saturated rings. The Kier molecular flexibility index (Phi) is 4.37. The van der Waals surface area contributed by atoms with Crippen molar-refractivity contribution >= 4 is 15.7 Å². The van der Waals surface area contributed by atoms with Crippen LogP contribution in [0.4, 0.5) is 0 Å². The molecule has 6 nitrogen and oxygen atoms in total. The van der Waals surface area contributed by atoms with Crippen LogP contribution in [-0.2, 0) is 14.6 Å². The molecule has 7 heteroatoms. The van der Waals surface area contributed by atoms with Gasteiger partial charge in [0.25, 0.3) is 5.91 Å². The molecule has 0 bridgehead atoms. The first-order chi connectivity index (χ1) is 11.4. The highest BCUT2D eigenvalue weighted by molar-refractivity contribution is 7.93. The van der Waals surface area contributed by atoms with Gasteiger partial charge in [0, 0.05) is 31.2 Å². The van der Waals surface area contributed by atoms with Gasteiger partial charge in [0.15, 0.2) is 9.84 Å². The Bertz CT molecular complexity index is 791. The number of likely N-dealkylation sites (tertiary alicyclic amines) is 1. The maximum Gasteiger partial charge on any atom is 0.253 e. The number of nitrogens with zero attached hydrogens (tertiary/aromatic N) is 2. The zero-order chi connectivity index (χ0) is 17.4. The summed E-state index contributed by atoms with van der Waals surface area (Å²) in [7, 11) is -3.22. The largest absolute Gasteiger partial charge is 0.381 e. The van der Waals surface area contributed by atoms with Crippen molar-refractivity contribution in [2.24, 2.45) is 5.92 Å². The fourth-order valence-corrected chi connectivity index (χ4v) is 6.02. The van der Waals surface area contributed by atoms with Gasteiger partial charge in [0.2, 0.25) is 0 Å². The summed E-state index contributed by atoms with van der Waals surface area (Å²) in [6.45, 7) is 3.28. The fourth-order valence-electron chi connectivity index (χ4n) is 3.62. The van der Waals surface area contributed by atoms with Gasteiger partial charge in [-0.3, -0.25) is 4.79 Å². The first-order valence-electron chi connectivity index (χ1n) is 8.03. The molecule has 1 aromatic carbocycles. The lowest BCUT2D eigenvalue weighted by molar-refractivity contribution is 0.0271. The van der Waals surface area contributed by atoms with E-state index < -0.39 is 14.6 Å². The van der Waals surface area contributed by atoms with E-state index in [9.17, 15) is 13.2 Å². The van der Waals surface area contributed by atoms with Crippen LogP contribution in [0.25, 0.3) is 0 Å². The molecule has 2 aliphatic heterocycles. The molecule has 2 heterocycles. The molecule has 2 aliphatic rings. The van der Waals surface area contributed by atoms with Crippen molar-refractivity contribution in [3.63, 3.8) is 0 Å². The molecule has 0 aliphatic carbocycles. The number of carbonyl (C=O) groups excluding carboxylic acids is 1. The van der Waals surface area contributed by atoms with E-state index in [1.807, 2.05) is 13.0 Å². The molecule has 1 aromatic rings. The van der Waals surface area contributed by atoms with Crippen LogP contribution in [0.15, 0.2) is 24.3 Å². The predicted molar refractivity (Wildman–Crippen MR) is 88.2 cm³/mol. The molecule has 0 radical (unpaired) electrons. The molecular weight excluding hydrogens is 328 g/mol. The fraction of sp³-hybridized carbons (Fsp3) is 0.529. The average molecular weight is 348 g/mol. The maximum atomic E-state index is 12.6. The summed E-state index contributed by atoms with van der Waals surface area (Å²) in [5.41, 5.74) is 0.833. The molecule has 0 saturated carbocycles. The van der Waals surface area contributed by atoms with E-state index in [0.717, 1.165) is 0 Å². The van der Waals surface area contributed by atoms with E-state index in [1.165, 1.54) is 6.07 Å². The van der Waals surface area contributed by atoms with E-state index in [4.69, 9.17) is 10.00 Å². The van der Waals surface area contributed by atoms with E-state index in [-0.39, 0.29) is 30.7 Å². The minimum absolute atomic E-state index is 0.0584. The third kappa shape index (κ3) is 2.60. The molecule has 3 rings (SSSR count). The van der Waals surface area contributed by atoms with Crippen LogP contribution in [-0.4, -0.2) is 56.0 Å². The van der Waals surface area contributed by atoms with Crippen LogP contribution in [0.1, 0.15) is 29.3 Å². The van der Waals surface area contributed by atoms with Gasteiger partial charge in [-0.05, 0) is 31.5 Å². The standard InChI is InChI=1S/C17H20N2O4S/c1-2-23-10-15-6-7-24(21,22)17(15)11-19(12-17)16(20)14-5-3-4-13(8-14)9-18/h3-5,8,15H,2,6-7,10-12H2,1H3. The van der Waals surface area contributed by atoms with Crippen molar-refractivity contribution in [2.45, 2.75) is 18.1 Å². The van der Waals surface area contributed by atoms with Gasteiger partial charge < -0.3 is 9.64 Å². The normalized spacial score (nSPS) is 23.7. The summed E-state index contributed by atoms with van der Waals surface area (Å²) >= 11 is 0. The van der Waals surface area contributed by atoms with E-state index >= 15 is 0 Å². The third-order valence-electron chi connectivity index (χ3n) is 5.06. The van der Waals surface area contributed by atoms with Gasteiger partial charge in [-0.2, -0.15) is 5.26 Å². The Morgan fingerprint density at radius 3 is 2.88 bits per heavy atom. The zero-order valence-corrected chi connectivity index (χ0v) is 14.4. The maximum absolute atomic E-state index is 12.6. The van der Waals surface area contributed by atoms with Crippen LogP contribution < -0.4 is 0 Å². The SMILES string of the molecule is CCOCC1CCS(=O)(=O)C12CN(C(=O)c1cccc(C#N)c1)C2. The molecule has 0 aromatic heterocycles. The summed E-state index contributed by atoms with van der Waals surface area (Å²) < 4.78 is 29.6. The third-order valence-corrected chi connectivity index (χ3v) is 7.67. The molecule has 1 atom stereocenters. The quantitative estimate of drug-likeness (QED) is 0.816. The molecule has 1 unspecified atom stereocenters. The lowest BCUT2D eigenvalue weighted by Gasteiger charge is -2.49. The van der Waals surface area contributed by atoms with Crippen LogP contribution >= 0.6 is 0 Å². The van der Waals surface area contributed by atoms with Crippen molar-refractivity contribution in [3.05, 3.63) is 35.4 Å². The molecule has 24 heavy (non-hydrogen) atoms. The van der Waals surface area contributed by atoms with Crippen molar-refractivity contribution in [3.8, 4) is 6.07 Å². The first-order valence-corrected chi connectivity index (χ1v) is 9.68. The average Bonchev–Trinajstić information content (AvgIpc) is 2.81. The summed E-state index contributed by atoms with van der Waals surface area (Å²) in [5.74, 6) is -0.122. The number of hydrogen-bond acceptors (Lipinski definition) is 5. The Labute approximate surface area is 141 Å². The van der Waals surface area contributed by atoms with Crippen LogP contribution in [0, 0.1) is 17.2 Å². The molecule has 1 spiro atoms. The zero-order valence-electron chi connectivity index (χ0n) is 13.6. The second-order valence-electron chi connectivity index (χ2n) is 6.38. The second kappa shape index (κ2) is 6.19. The summed E-state index contributed by atoms with van der Waals surface area (Å²) in [5, 5.41) is 8.94. The van der Waals surface area contributed by atoms with E-state index in [1.54, 1.807) is 23.1 Å². The highest BCUT2D eigenvalue weighted by Crippen LogP contribution is 2.45. The smallest absolute Gasteiger partial charge is 0.253 e. The molecule has 0 N–H and O–H groups in total.